The number of nitrogens with zero attached hydrogens (tertiary/aromatic N) is 2. The Morgan fingerprint density at radius 1 is 1.18 bits per heavy atom. The van der Waals surface area contributed by atoms with E-state index in [0.717, 1.165) is 17.9 Å². The van der Waals surface area contributed by atoms with Gasteiger partial charge in [0.05, 0.1) is 0 Å². The molecule has 1 saturated carbocycles. The van der Waals surface area contributed by atoms with Gasteiger partial charge in [0.2, 0.25) is 5.91 Å². The summed E-state index contributed by atoms with van der Waals surface area (Å²) in [5, 5.41) is 9.85. The third-order valence-electron chi connectivity index (χ3n) is 5.34. The molecule has 1 aliphatic carbocycles. The third-order valence-corrected chi connectivity index (χ3v) is 5.34. The van der Waals surface area contributed by atoms with Gasteiger partial charge in [-0.05, 0) is 38.5 Å². The zero-order chi connectivity index (χ0) is 16.0. The molecule has 5 nitrogen and oxygen atoms in total. The predicted octanol–water partition coefficient (Wildman–Crippen LogP) is 1.15. The Kier molecular flexibility index (Phi) is 3.87. The highest BCUT2D eigenvalue weighted by Crippen LogP contribution is 2.45. The van der Waals surface area contributed by atoms with Crippen molar-refractivity contribution < 1.29 is 23.5 Å². The molecule has 1 N–H and O–H groups in total. The van der Waals surface area contributed by atoms with Crippen molar-refractivity contribution in [1.29, 1.82) is 0 Å². The van der Waals surface area contributed by atoms with Gasteiger partial charge in [-0.2, -0.15) is 8.78 Å². The summed E-state index contributed by atoms with van der Waals surface area (Å²) in [4.78, 5) is 26.8. The molecule has 0 bridgehead atoms. The van der Waals surface area contributed by atoms with Crippen LogP contribution >= 0.6 is 0 Å². The highest BCUT2D eigenvalue weighted by Gasteiger charge is 2.62. The van der Waals surface area contributed by atoms with Crippen LogP contribution < -0.4 is 0 Å². The minimum atomic E-state index is -3.71. The van der Waals surface area contributed by atoms with E-state index in [-0.39, 0.29) is 37.9 Å². The molecule has 0 atom stereocenters. The van der Waals surface area contributed by atoms with Crippen LogP contribution in [-0.2, 0) is 9.59 Å². The molecule has 22 heavy (non-hydrogen) atoms. The average Bonchev–Trinajstić information content (AvgIpc) is 2.90. The van der Waals surface area contributed by atoms with Crippen molar-refractivity contribution in [3.63, 3.8) is 0 Å². The van der Waals surface area contributed by atoms with Crippen LogP contribution in [0, 0.1) is 0 Å². The first-order valence-electron chi connectivity index (χ1n) is 8.04. The van der Waals surface area contributed by atoms with Gasteiger partial charge in [0, 0.05) is 32.1 Å². The van der Waals surface area contributed by atoms with Crippen LogP contribution in [0.25, 0.3) is 0 Å². The molecular formula is C15H22F2N2O3. The number of carbonyl (C=O) groups is 2. The minimum Gasteiger partial charge on any atom is -0.383 e. The number of rotatable bonds is 3. The van der Waals surface area contributed by atoms with E-state index in [9.17, 15) is 23.5 Å². The molecule has 7 heteroatoms. The third kappa shape index (κ3) is 2.39. The fraction of sp³-hybridized carbons (Fsp3) is 0.867. The Labute approximate surface area is 128 Å². The second kappa shape index (κ2) is 5.44. The van der Waals surface area contributed by atoms with Crippen molar-refractivity contribution in [2.24, 2.45) is 0 Å². The van der Waals surface area contributed by atoms with Crippen molar-refractivity contribution in [3.05, 3.63) is 0 Å². The average molecular weight is 316 g/mol. The number of hydrogen-bond acceptors (Lipinski definition) is 3. The van der Waals surface area contributed by atoms with Gasteiger partial charge in [-0.25, -0.2) is 0 Å². The standard InChI is InChI=1S/C15H22F2N2O3/c16-15(17,14(22)6-2-7-14)13(21)18-9-4-11(5-10-18)19-8-1-3-12(19)20/h11,22H,1-10H2. The van der Waals surface area contributed by atoms with Crippen LogP contribution in [0.5, 0.6) is 0 Å². The second-order valence-corrected chi connectivity index (χ2v) is 6.67. The highest BCUT2D eigenvalue weighted by molar-refractivity contribution is 5.85. The van der Waals surface area contributed by atoms with E-state index in [1.54, 1.807) is 0 Å². The Morgan fingerprint density at radius 2 is 1.82 bits per heavy atom. The zero-order valence-corrected chi connectivity index (χ0v) is 12.6. The first-order valence-corrected chi connectivity index (χ1v) is 8.04. The predicted molar refractivity (Wildman–Crippen MR) is 74.3 cm³/mol. The topological polar surface area (TPSA) is 60.9 Å². The van der Waals surface area contributed by atoms with E-state index in [1.807, 2.05) is 4.90 Å². The lowest BCUT2D eigenvalue weighted by atomic mass is 9.75. The van der Waals surface area contributed by atoms with Gasteiger partial charge >= 0.3 is 5.92 Å². The van der Waals surface area contributed by atoms with Crippen molar-refractivity contribution in [2.75, 3.05) is 19.6 Å². The van der Waals surface area contributed by atoms with Gasteiger partial charge in [-0.3, -0.25) is 9.59 Å². The molecule has 3 aliphatic rings. The van der Waals surface area contributed by atoms with Crippen molar-refractivity contribution >= 4 is 11.8 Å². The quantitative estimate of drug-likeness (QED) is 0.850. The van der Waals surface area contributed by atoms with Crippen molar-refractivity contribution in [2.45, 2.75) is 62.5 Å². The number of alkyl halides is 2. The van der Waals surface area contributed by atoms with Gasteiger partial charge in [0.25, 0.3) is 5.91 Å². The molecule has 2 saturated heterocycles. The second-order valence-electron chi connectivity index (χ2n) is 6.67. The maximum atomic E-state index is 14.2. The molecule has 0 unspecified atom stereocenters. The SMILES string of the molecule is O=C1CCCN1C1CCN(C(=O)C(F)(F)C2(O)CCC2)CC1. The smallest absolute Gasteiger partial charge is 0.352 e. The molecule has 0 spiro atoms. The largest absolute Gasteiger partial charge is 0.383 e. The first-order chi connectivity index (χ1) is 10.3. The van der Waals surface area contributed by atoms with Gasteiger partial charge in [-0.15, -0.1) is 0 Å². The Balaban J connectivity index is 1.59. The Morgan fingerprint density at radius 3 is 2.27 bits per heavy atom. The van der Waals surface area contributed by atoms with Gasteiger partial charge in [0.15, 0.2) is 0 Å². The monoisotopic (exact) mass is 316 g/mol. The normalized spacial score (nSPS) is 26.2. The van der Waals surface area contributed by atoms with Crippen molar-refractivity contribution in [1.82, 2.24) is 9.80 Å². The molecule has 124 valence electrons. The maximum Gasteiger partial charge on any atom is 0.352 e. The van der Waals surface area contributed by atoms with Crippen LogP contribution in [0.1, 0.15) is 44.9 Å². The summed E-state index contributed by atoms with van der Waals surface area (Å²) in [6, 6.07) is 0.0551. The van der Waals surface area contributed by atoms with Crippen LogP contribution in [0.4, 0.5) is 8.78 Å². The summed E-state index contributed by atoms with van der Waals surface area (Å²) in [6.45, 7) is 1.17. The summed E-state index contributed by atoms with van der Waals surface area (Å²) >= 11 is 0. The fourth-order valence-corrected chi connectivity index (χ4v) is 3.66. The maximum absolute atomic E-state index is 14.2. The van der Waals surface area contributed by atoms with Crippen LogP contribution in [0.2, 0.25) is 0 Å². The molecular weight excluding hydrogens is 294 g/mol. The number of aliphatic hydroxyl groups is 1. The van der Waals surface area contributed by atoms with Crippen LogP contribution in [-0.4, -0.2) is 63.9 Å². The lowest BCUT2D eigenvalue weighted by Crippen LogP contribution is -2.62. The van der Waals surface area contributed by atoms with E-state index >= 15 is 0 Å². The molecule has 3 rings (SSSR count). The fourth-order valence-electron chi connectivity index (χ4n) is 3.66. The van der Waals surface area contributed by atoms with Crippen LogP contribution in [0.3, 0.4) is 0 Å². The molecule has 0 aromatic carbocycles. The Bertz CT molecular complexity index is 471. The zero-order valence-electron chi connectivity index (χ0n) is 12.6. The van der Waals surface area contributed by atoms with E-state index < -0.39 is 17.4 Å². The summed E-state index contributed by atoms with van der Waals surface area (Å²) in [5.41, 5.74) is -2.16. The number of amides is 2. The summed E-state index contributed by atoms with van der Waals surface area (Å²) in [6.07, 6.45) is 2.96. The van der Waals surface area contributed by atoms with Gasteiger partial charge in [0.1, 0.15) is 5.60 Å². The lowest BCUT2D eigenvalue weighted by molar-refractivity contribution is -0.224. The minimum absolute atomic E-state index is 0.0233. The molecule has 3 fully saturated rings. The van der Waals surface area contributed by atoms with E-state index in [1.165, 1.54) is 0 Å². The first kappa shape index (κ1) is 15.6. The number of hydrogen-bond donors (Lipinski definition) is 1. The molecule has 2 aliphatic heterocycles. The number of halogens is 2. The molecule has 2 amide bonds. The van der Waals surface area contributed by atoms with E-state index in [0.29, 0.717) is 25.7 Å². The highest BCUT2D eigenvalue weighted by atomic mass is 19.3. The number of likely N-dealkylation sites (tertiary alicyclic amines) is 2. The lowest BCUT2D eigenvalue weighted by Gasteiger charge is -2.44. The molecule has 0 aromatic heterocycles. The van der Waals surface area contributed by atoms with Crippen LogP contribution in [0.15, 0.2) is 0 Å². The van der Waals surface area contributed by atoms with Crippen molar-refractivity contribution in [3.8, 4) is 0 Å². The molecule has 2 heterocycles. The number of carbonyl (C=O) groups excluding carboxylic acids is 2. The summed E-state index contributed by atoms with van der Waals surface area (Å²) in [7, 11) is 0. The van der Waals surface area contributed by atoms with Gasteiger partial charge < -0.3 is 14.9 Å². The van der Waals surface area contributed by atoms with E-state index in [4.69, 9.17) is 0 Å². The molecule has 0 aromatic rings. The summed E-state index contributed by atoms with van der Waals surface area (Å²) < 4.78 is 28.4. The summed E-state index contributed by atoms with van der Waals surface area (Å²) in [5.74, 6) is -4.85. The number of piperidine rings is 1. The van der Waals surface area contributed by atoms with Gasteiger partial charge in [-0.1, -0.05) is 0 Å². The molecule has 0 radical (unpaired) electrons. The van der Waals surface area contributed by atoms with E-state index in [2.05, 4.69) is 0 Å². The Hall–Kier alpha value is -1.24.